The van der Waals surface area contributed by atoms with E-state index in [0.717, 1.165) is 0 Å². The molecule has 0 saturated heterocycles. The zero-order valence-corrected chi connectivity index (χ0v) is 15.3. The zero-order chi connectivity index (χ0) is 19.6. The molecule has 10 heteroatoms. The van der Waals surface area contributed by atoms with Crippen LogP contribution in [0.15, 0.2) is 42.3 Å². The second-order valence-corrected chi connectivity index (χ2v) is 5.87. The van der Waals surface area contributed by atoms with Gasteiger partial charge in [0.05, 0.1) is 7.11 Å². The fourth-order valence-electron chi connectivity index (χ4n) is 1.81. The Bertz CT molecular complexity index is 819. The lowest BCUT2D eigenvalue weighted by molar-refractivity contribution is -0.123. The Balaban J connectivity index is 1.75. The lowest BCUT2D eigenvalue weighted by Crippen LogP contribution is -2.37. The summed E-state index contributed by atoms with van der Waals surface area (Å²) in [5, 5.41) is 9.50. The number of amides is 3. The SMILES string of the molecule is C=CCNc1nc(C(=O)OCC(=O)NC(=O)Nc2ccc(OC)cc2)cs1. The van der Waals surface area contributed by atoms with Gasteiger partial charge in [0.15, 0.2) is 17.4 Å². The summed E-state index contributed by atoms with van der Waals surface area (Å²) < 4.78 is 9.84. The number of imide groups is 1. The molecule has 3 amide bonds. The molecule has 0 saturated carbocycles. The molecule has 0 spiro atoms. The Morgan fingerprint density at radius 1 is 1.26 bits per heavy atom. The maximum absolute atomic E-state index is 11.9. The summed E-state index contributed by atoms with van der Waals surface area (Å²) in [5.74, 6) is -0.896. The van der Waals surface area contributed by atoms with Gasteiger partial charge in [0.1, 0.15) is 5.75 Å². The highest BCUT2D eigenvalue weighted by Gasteiger charge is 2.15. The van der Waals surface area contributed by atoms with Crippen LogP contribution in [0.25, 0.3) is 0 Å². The van der Waals surface area contributed by atoms with E-state index < -0.39 is 24.5 Å². The highest BCUT2D eigenvalue weighted by Crippen LogP contribution is 2.16. The van der Waals surface area contributed by atoms with Gasteiger partial charge in [0.2, 0.25) is 0 Å². The summed E-state index contributed by atoms with van der Waals surface area (Å²) in [5.41, 5.74) is 0.544. The number of benzene rings is 1. The van der Waals surface area contributed by atoms with Gasteiger partial charge in [-0.3, -0.25) is 10.1 Å². The number of anilines is 2. The monoisotopic (exact) mass is 390 g/mol. The third kappa shape index (κ3) is 6.44. The summed E-state index contributed by atoms with van der Waals surface area (Å²) in [6, 6.07) is 5.80. The summed E-state index contributed by atoms with van der Waals surface area (Å²) in [6.45, 7) is 3.46. The molecule has 0 unspecified atom stereocenters. The summed E-state index contributed by atoms with van der Waals surface area (Å²) in [7, 11) is 1.53. The molecule has 3 N–H and O–H groups in total. The summed E-state index contributed by atoms with van der Waals surface area (Å²) >= 11 is 1.22. The van der Waals surface area contributed by atoms with Crippen LogP contribution in [0.3, 0.4) is 0 Å². The minimum absolute atomic E-state index is 0.0713. The molecule has 1 aromatic carbocycles. The van der Waals surface area contributed by atoms with E-state index in [0.29, 0.717) is 23.1 Å². The molecule has 0 bridgehead atoms. The number of nitrogens with one attached hydrogen (secondary N) is 3. The van der Waals surface area contributed by atoms with Crippen LogP contribution >= 0.6 is 11.3 Å². The molecule has 0 atom stereocenters. The lowest BCUT2D eigenvalue weighted by atomic mass is 10.3. The van der Waals surface area contributed by atoms with Crippen LogP contribution in [0.1, 0.15) is 10.5 Å². The average molecular weight is 390 g/mol. The van der Waals surface area contributed by atoms with Crippen molar-refractivity contribution in [2.75, 3.05) is 30.9 Å². The second-order valence-electron chi connectivity index (χ2n) is 5.01. The first kappa shape index (κ1) is 19.9. The van der Waals surface area contributed by atoms with Crippen molar-refractivity contribution in [2.45, 2.75) is 0 Å². The van der Waals surface area contributed by atoms with Crippen molar-refractivity contribution < 1.29 is 23.9 Å². The van der Waals surface area contributed by atoms with E-state index in [2.05, 4.69) is 27.5 Å². The average Bonchev–Trinajstić information content (AvgIpc) is 3.14. The van der Waals surface area contributed by atoms with Crippen molar-refractivity contribution in [3.05, 3.63) is 48.0 Å². The molecular weight excluding hydrogens is 372 g/mol. The maximum Gasteiger partial charge on any atom is 0.358 e. The highest BCUT2D eigenvalue weighted by atomic mass is 32.1. The van der Waals surface area contributed by atoms with Gasteiger partial charge in [0.25, 0.3) is 5.91 Å². The topological polar surface area (TPSA) is 119 Å². The van der Waals surface area contributed by atoms with Crippen molar-refractivity contribution in [1.29, 1.82) is 0 Å². The molecule has 2 rings (SSSR count). The maximum atomic E-state index is 11.9. The number of urea groups is 1. The smallest absolute Gasteiger partial charge is 0.358 e. The first-order valence-electron chi connectivity index (χ1n) is 7.74. The van der Waals surface area contributed by atoms with E-state index in [9.17, 15) is 14.4 Å². The number of hydrogen-bond acceptors (Lipinski definition) is 8. The lowest BCUT2D eigenvalue weighted by Gasteiger charge is -2.07. The molecule has 0 aliphatic heterocycles. The Kier molecular flexibility index (Phi) is 7.32. The molecule has 0 fully saturated rings. The van der Waals surface area contributed by atoms with Crippen LogP contribution in [0.4, 0.5) is 15.6 Å². The van der Waals surface area contributed by atoms with E-state index in [1.54, 1.807) is 30.3 Å². The quantitative estimate of drug-likeness (QED) is 0.467. The molecule has 1 heterocycles. The zero-order valence-electron chi connectivity index (χ0n) is 14.5. The number of nitrogens with zero attached hydrogens (tertiary/aromatic N) is 1. The summed E-state index contributed by atoms with van der Waals surface area (Å²) in [6.07, 6.45) is 1.65. The normalized spacial score (nSPS) is 9.81. The van der Waals surface area contributed by atoms with Gasteiger partial charge in [0, 0.05) is 17.6 Å². The Morgan fingerprint density at radius 2 is 2.00 bits per heavy atom. The van der Waals surface area contributed by atoms with Gasteiger partial charge < -0.3 is 20.1 Å². The number of carbonyl (C=O) groups is 3. The summed E-state index contributed by atoms with van der Waals surface area (Å²) in [4.78, 5) is 39.3. The van der Waals surface area contributed by atoms with Crippen molar-refractivity contribution in [1.82, 2.24) is 10.3 Å². The van der Waals surface area contributed by atoms with E-state index in [1.807, 2.05) is 0 Å². The number of esters is 1. The van der Waals surface area contributed by atoms with Gasteiger partial charge in [-0.05, 0) is 24.3 Å². The number of methoxy groups -OCH3 is 1. The van der Waals surface area contributed by atoms with Crippen LogP contribution in [0, 0.1) is 0 Å². The molecule has 142 valence electrons. The Hall–Kier alpha value is -3.40. The molecule has 0 aliphatic carbocycles. The molecule has 9 nitrogen and oxygen atoms in total. The minimum Gasteiger partial charge on any atom is -0.497 e. The van der Waals surface area contributed by atoms with E-state index in [1.165, 1.54) is 23.8 Å². The van der Waals surface area contributed by atoms with Crippen molar-refractivity contribution in [3.8, 4) is 5.75 Å². The predicted octanol–water partition coefficient (Wildman–Crippen LogP) is 2.25. The molecule has 0 aliphatic rings. The number of rotatable bonds is 8. The number of carbonyl (C=O) groups excluding carboxylic acids is 3. The van der Waals surface area contributed by atoms with Crippen molar-refractivity contribution in [3.63, 3.8) is 0 Å². The highest BCUT2D eigenvalue weighted by molar-refractivity contribution is 7.13. The first-order chi connectivity index (χ1) is 13.0. The van der Waals surface area contributed by atoms with Crippen LogP contribution in [-0.2, 0) is 9.53 Å². The number of hydrogen-bond donors (Lipinski definition) is 3. The standard InChI is InChI=1S/C17H18N4O5S/c1-3-8-18-17-20-13(10-27-17)15(23)26-9-14(22)21-16(24)19-11-4-6-12(25-2)7-5-11/h3-7,10H,1,8-9H2,2H3,(H,18,20)(H2,19,21,22,24). The van der Waals surface area contributed by atoms with Gasteiger partial charge in [-0.2, -0.15) is 0 Å². The van der Waals surface area contributed by atoms with E-state index in [4.69, 9.17) is 9.47 Å². The first-order valence-corrected chi connectivity index (χ1v) is 8.62. The Morgan fingerprint density at radius 3 is 2.67 bits per heavy atom. The van der Waals surface area contributed by atoms with Crippen LogP contribution in [0.2, 0.25) is 0 Å². The third-order valence-corrected chi connectivity index (χ3v) is 3.85. The van der Waals surface area contributed by atoms with Crippen LogP contribution in [-0.4, -0.2) is 43.2 Å². The predicted molar refractivity (Wildman–Crippen MR) is 101 cm³/mol. The third-order valence-electron chi connectivity index (χ3n) is 3.05. The molecule has 27 heavy (non-hydrogen) atoms. The van der Waals surface area contributed by atoms with Crippen LogP contribution < -0.4 is 20.7 Å². The number of thiazole rings is 1. The largest absolute Gasteiger partial charge is 0.497 e. The minimum atomic E-state index is -0.769. The fraction of sp³-hybridized carbons (Fsp3) is 0.176. The molecule has 2 aromatic rings. The van der Waals surface area contributed by atoms with Gasteiger partial charge in [-0.1, -0.05) is 6.08 Å². The van der Waals surface area contributed by atoms with Crippen LogP contribution in [0.5, 0.6) is 5.75 Å². The molecular formula is C17H18N4O5S. The van der Waals surface area contributed by atoms with E-state index >= 15 is 0 Å². The second kappa shape index (κ2) is 9.92. The fourth-order valence-corrected chi connectivity index (χ4v) is 2.50. The van der Waals surface area contributed by atoms with Crippen molar-refractivity contribution >= 4 is 40.1 Å². The number of ether oxygens (including phenoxy) is 2. The Labute approximate surface area is 159 Å². The van der Waals surface area contributed by atoms with E-state index in [-0.39, 0.29) is 5.69 Å². The van der Waals surface area contributed by atoms with Gasteiger partial charge >= 0.3 is 12.0 Å². The van der Waals surface area contributed by atoms with Crippen molar-refractivity contribution in [2.24, 2.45) is 0 Å². The molecule has 1 aromatic heterocycles. The van der Waals surface area contributed by atoms with Gasteiger partial charge in [-0.25, -0.2) is 14.6 Å². The van der Waals surface area contributed by atoms with Gasteiger partial charge in [-0.15, -0.1) is 17.9 Å². The number of aromatic nitrogens is 1. The molecule has 0 radical (unpaired) electrons.